The summed E-state index contributed by atoms with van der Waals surface area (Å²) >= 11 is 2.43. The molecule has 3 rings (SSSR count). The predicted molar refractivity (Wildman–Crippen MR) is 74.6 cm³/mol. The largest absolute Gasteiger partial charge is 0.349 e. The lowest BCUT2D eigenvalue weighted by Gasteiger charge is -2.21. The van der Waals surface area contributed by atoms with E-state index in [1.165, 1.54) is 52.3 Å². The zero-order valence-electron chi connectivity index (χ0n) is 9.17. The Morgan fingerprint density at radius 1 is 1.25 bits per heavy atom. The van der Waals surface area contributed by atoms with Crippen LogP contribution in [0.25, 0.3) is 10.9 Å². The summed E-state index contributed by atoms with van der Waals surface area (Å²) in [5, 5.41) is 1.38. The van der Waals surface area contributed by atoms with E-state index < -0.39 is 0 Å². The molecule has 0 aromatic carbocycles. The average Bonchev–Trinajstić information content (AvgIpc) is 2.66. The number of nitrogens with one attached hydrogen (secondary N) is 1. The van der Waals surface area contributed by atoms with Gasteiger partial charge in [-0.15, -0.1) is 0 Å². The van der Waals surface area contributed by atoms with E-state index in [0.29, 0.717) is 0 Å². The summed E-state index contributed by atoms with van der Waals surface area (Å²) in [6, 6.07) is 2.15. The van der Waals surface area contributed by atoms with Gasteiger partial charge in [0.2, 0.25) is 0 Å². The topological polar surface area (TPSA) is 28.7 Å². The highest BCUT2D eigenvalue weighted by Gasteiger charge is 2.21. The number of fused-ring (bicyclic) bond motifs is 1. The fraction of sp³-hybridized carbons (Fsp3) is 0.462. The van der Waals surface area contributed by atoms with Gasteiger partial charge in [0.15, 0.2) is 0 Å². The summed E-state index contributed by atoms with van der Waals surface area (Å²) < 4.78 is 1.31. The summed E-state index contributed by atoms with van der Waals surface area (Å²) in [4.78, 5) is 7.63. The first kappa shape index (κ1) is 10.6. The highest BCUT2D eigenvalue weighted by molar-refractivity contribution is 14.1. The van der Waals surface area contributed by atoms with E-state index in [2.05, 4.69) is 38.6 Å². The molecule has 0 spiro atoms. The minimum absolute atomic E-state index is 0.761. The van der Waals surface area contributed by atoms with Crippen LogP contribution in [0.5, 0.6) is 0 Å². The molecule has 0 aliphatic heterocycles. The summed E-state index contributed by atoms with van der Waals surface area (Å²) in [6.45, 7) is 0. The molecule has 0 atom stereocenters. The van der Waals surface area contributed by atoms with Gasteiger partial charge in [-0.25, -0.2) is 0 Å². The molecule has 2 aromatic rings. The molecule has 3 heteroatoms. The van der Waals surface area contributed by atoms with Crippen LogP contribution in [0.1, 0.15) is 43.6 Å². The molecule has 2 aromatic heterocycles. The van der Waals surface area contributed by atoms with Crippen LogP contribution in [-0.2, 0) is 0 Å². The van der Waals surface area contributed by atoms with Gasteiger partial charge in [-0.2, -0.15) is 0 Å². The van der Waals surface area contributed by atoms with E-state index in [0.717, 1.165) is 5.92 Å². The van der Waals surface area contributed by atoms with Gasteiger partial charge in [0, 0.05) is 11.6 Å². The van der Waals surface area contributed by atoms with Gasteiger partial charge in [0.25, 0.3) is 0 Å². The number of halogens is 1. The molecule has 0 saturated heterocycles. The molecule has 16 heavy (non-hydrogen) atoms. The second-order valence-electron chi connectivity index (χ2n) is 4.61. The molecule has 1 aliphatic carbocycles. The van der Waals surface area contributed by atoms with Crippen LogP contribution in [0.4, 0.5) is 0 Å². The highest BCUT2D eigenvalue weighted by atomic mass is 127. The molecule has 0 radical (unpaired) electrons. The molecule has 84 valence electrons. The first-order valence-corrected chi connectivity index (χ1v) is 7.05. The van der Waals surface area contributed by atoms with Crippen molar-refractivity contribution < 1.29 is 0 Å². The van der Waals surface area contributed by atoms with Gasteiger partial charge in [-0.3, -0.25) is 4.98 Å². The third-order valence-electron chi connectivity index (χ3n) is 3.61. The maximum atomic E-state index is 4.18. The van der Waals surface area contributed by atoms with Crippen molar-refractivity contribution in [2.45, 2.75) is 38.0 Å². The van der Waals surface area contributed by atoms with Gasteiger partial charge in [-0.05, 0) is 53.0 Å². The number of pyridine rings is 1. The van der Waals surface area contributed by atoms with Gasteiger partial charge >= 0.3 is 0 Å². The Morgan fingerprint density at radius 3 is 2.88 bits per heavy atom. The Bertz CT molecular complexity index is 498. The maximum Gasteiger partial charge on any atom is 0.0818 e. The Labute approximate surface area is 109 Å². The van der Waals surface area contributed by atoms with E-state index in [-0.39, 0.29) is 0 Å². The van der Waals surface area contributed by atoms with Crippen molar-refractivity contribution in [2.24, 2.45) is 0 Å². The number of aromatic nitrogens is 2. The number of nitrogens with zero attached hydrogens (tertiary/aromatic N) is 1. The molecule has 0 amide bonds. The maximum absolute atomic E-state index is 4.18. The van der Waals surface area contributed by atoms with E-state index >= 15 is 0 Å². The van der Waals surface area contributed by atoms with Crippen molar-refractivity contribution in [1.29, 1.82) is 0 Å². The van der Waals surface area contributed by atoms with Gasteiger partial charge in [0.1, 0.15) is 0 Å². The summed E-state index contributed by atoms with van der Waals surface area (Å²) in [5.74, 6) is 0.761. The lowest BCUT2D eigenvalue weighted by Crippen LogP contribution is -2.05. The first-order valence-electron chi connectivity index (χ1n) is 5.97. The van der Waals surface area contributed by atoms with Crippen molar-refractivity contribution in [1.82, 2.24) is 9.97 Å². The standard InChI is InChI=1S/C13H15IN2/c14-13-12(9-4-2-1-3-5-9)10-6-7-15-8-11(10)16-13/h6-9,16H,1-5H2. The number of hydrogen-bond acceptors (Lipinski definition) is 1. The Morgan fingerprint density at radius 2 is 2.06 bits per heavy atom. The minimum Gasteiger partial charge on any atom is -0.349 e. The molecule has 2 nitrogen and oxygen atoms in total. The Balaban J connectivity index is 2.10. The lowest BCUT2D eigenvalue weighted by molar-refractivity contribution is 0.444. The summed E-state index contributed by atoms with van der Waals surface area (Å²) in [5.41, 5.74) is 2.73. The van der Waals surface area contributed by atoms with Crippen LogP contribution in [0.3, 0.4) is 0 Å². The highest BCUT2D eigenvalue weighted by Crippen LogP contribution is 2.38. The number of aromatic amines is 1. The average molecular weight is 326 g/mol. The van der Waals surface area contributed by atoms with Crippen molar-refractivity contribution in [3.05, 3.63) is 27.7 Å². The molecule has 1 saturated carbocycles. The monoisotopic (exact) mass is 326 g/mol. The van der Waals surface area contributed by atoms with E-state index in [9.17, 15) is 0 Å². The molecule has 0 unspecified atom stereocenters. The molecular formula is C13H15IN2. The molecule has 1 N–H and O–H groups in total. The smallest absolute Gasteiger partial charge is 0.0818 e. The van der Waals surface area contributed by atoms with Crippen molar-refractivity contribution in [3.63, 3.8) is 0 Å². The van der Waals surface area contributed by atoms with Gasteiger partial charge in [-0.1, -0.05) is 19.3 Å². The number of H-pyrrole nitrogens is 1. The molecule has 0 bridgehead atoms. The van der Waals surface area contributed by atoms with Crippen LogP contribution in [0.2, 0.25) is 0 Å². The SMILES string of the molecule is Ic1[nH]c2cnccc2c1C1CCCCC1. The van der Waals surface area contributed by atoms with Crippen molar-refractivity contribution in [2.75, 3.05) is 0 Å². The van der Waals surface area contributed by atoms with Crippen molar-refractivity contribution in [3.8, 4) is 0 Å². The number of rotatable bonds is 1. The van der Waals surface area contributed by atoms with Crippen LogP contribution in [0.15, 0.2) is 18.5 Å². The van der Waals surface area contributed by atoms with Crippen LogP contribution < -0.4 is 0 Å². The Hall–Kier alpha value is -0.580. The fourth-order valence-electron chi connectivity index (χ4n) is 2.82. The second kappa shape index (κ2) is 4.35. The summed E-state index contributed by atoms with van der Waals surface area (Å²) in [7, 11) is 0. The number of hydrogen-bond donors (Lipinski definition) is 1. The van der Waals surface area contributed by atoms with Crippen LogP contribution in [-0.4, -0.2) is 9.97 Å². The quantitative estimate of drug-likeness (QED) is 0.781. The fourth-order valence-corrected chi connectivity index (χ4v) is 3.84. The molecule has 1 fully saturated rings. The van der Waals surface area contributed by atoms with Crippen LogP contribution >= 0.6 is 22.6 Å². The zero-order valence-corrected chi connectivity index (χ0v) is 11.3. The minimum atomic E-state index is 0.761. The molecule has 2 heterocycles. The second-order valence-corrected chi connectivity index (χ2v) is 5.69. The Kier molecular flexibility index (Phi) is 2.88. The third kappa shape index (κ3) is 1.75. The van der Waals surface area contributed by atoms with E-state index in [1.807, 2.05) is 12.4 Å². The van der Waals surface area contributed by atoms with E-state index in [1.54, 1.807) is 0 Å². The first-order chi connectivity index (χ1) is 7.86. The molecule has 1 aliphatic rings. The predicted octanol–water partition coefficient (Wildman–Crippen LogP) is 4.22. The summed E-state index contributed by atoms with van der Waals surface area (Å²) in [6.07, 6.45) is 10.7. The van der Waals surface area contributed by atoms with Gasteiger partial charge in [0.05, 0.1) is 15.4 Å². The van der Waals surface area contributed by atoms with E-state index in [4.69, 9.17) is 0 Å². The van der Waals surface area contributed by atoms with Crippen LogP contribution in [0, 0.1) is 3.70 Å². The lowest BCUT2D eigenvalue weighted by atomic mass is 9.84. The molecular weight excluding hydrogens is 311 g/mol. The zero-order chi connectivity index (χ0) is 11.0. The normalized spacial score (nSPS) is 18.1. The van der Waals surface area contributed by atoms with Gasteiger partial charge < -0.3 is 4.98 Å². The van der Waals surface area contributed by atoms with Crippen molar-refractivity contribution >= 4 is 33.5 Å². The third-order valence-corrected chi connectivity index (χ3v) is 4.46.